The molecule has 0 bridgehead atoms. The van der Waals surface area contributed by atoms with Crippen molar-refractivity contribution in [3.8, 4) is 0 Å². The number of amides is 2. The normalized spacial score (nSPS) is 13.8. The molecule has 132 valence electrons. The summed E-state index contributed by atoms with van der Waals surface area (Å²) in [5, 5.41) is 9.05. The second-order valence-electron chi connectivity index (χ2n) is 6.07. The molecule has 7 heteroatoms. The molecule has 0 atom stereocenters. The maximum atomic E-state index is 12.6. The van der Waals surface area contributed by atoms with E-state index in [-0.39, 0.29) is 12.0 Å². The number of nitrogens with zero attached hydrogens (tertiary/aromatic N) is 3. The van der Waals surface area contributed by atoms with E-state index in [1.165, 1.54) is 0 Å². The summed E-state index contributed by atoms with van der Waals surface area (Å²) in [4.78, 5) is 25.7. The van der Waals surface area contributed by atoms with Crippen molar-refractivity contribution in [2.24, 2.45) is 0 Å². The number of rotatable bonds is 5. The molecule has 0 unspecified atom stereocenters. The van der Waals surface area contributed by atoms with Gasteiger partial charge in [-0.15, -0.1) is 0 Å². The number of fused-ring (bicyclic) bond motifs is 1. The molecular weight excluding hydrogens is 332 g/mol. The van der Waals surface area contributed by atoms with Gasteiger partial charge in [-0.3, -0.25) is 9.48 Å². The van der Waals surface area contributed by atoms with Gasteiger partial charge in [0.15, 0.2) is 0 Å². The van der Waals surface area contributed by atoms with Crippen molar-refractivity contribution >= 4 is 28.5 Å². The van der Waals surface area contributed by atoms with Crippen molar-refractivity contribution < 1.29 is 14.3 Å². The zero-order valence-electron chi connectivity index (χ0n) is 14.1. The second kappa shape index (κ2) is 6.87. The molecule has 0 radical (unpaired) electrons. The van der Waals surface area contributed by atoms with Crippen LogP contribution in [-0.2, 0) is 11.3 Å². The first-order valence-electron chi connectivity index (χ1n) is 8.44. The largest absolute Gasteiger partial charge is 0.448 e. The van der Waals surface area contributed by atoms with Gasteiger partial charge in [-0.25, -0.2) is 4.79 Å². The predicted molar refractivity (Wildman–Crippen MR) is 97.0 cm³/mol. The smallest absolute Gasteiger partial charge is 0.410 e. The number of hydrogen-bond acceptors (Lipinski definition) is 4. The van der Waals surface area contributed by atoms with Gasteiger partial charge in [0.25, 0.3) is 5.91 Å². The van der Waals surface area contributed by atoms with E-state index in [1.807, 2.05) is 36.4 Å². The molecule has 1 aromatic heterocycles. The van der Waals surface area contributed by atoms with Gasteiger partial charge in [0, 0.05) is 18.3 Å². The van der Waals surface area contributed by atoms with Gasteiger partial charge in [0.05, 0.1) is 25.0 Å². The number of benzene rings is 2. The number of ether oxygens (including phenoxy) is 1. The Hall–Kier alpha value is -3.35. The molecular formula is C19H18N4O3. The fourth-order valence-corrected chi connectivity index (χ4v) is 3.02. The Labute approximate surface area is 150 Å². The van der Waals surface area contributed by atoms with Crippen LogP contribution in [0.4, 0.5) is 10.5 Å². The molecule has 2 heterocycles. The van der Waals surface area contributed by atoms with E-state index in [1.54, 1.807) is 28.0 Å². The highest BCUT2D eigenvalue weighted by Gasteiger charge is 2.21. The zero-order chi connectivity index (χ0) is 17.9. The molecule has 3 aromatic rings. The molecule has 1 aliphatic rings. The van der Waals surface area contributed by atoms with E-state index in [9.17, 15) is 9.59 Å². The van der Waals surface area contributed by atoms with Gasteiger partial charge in [0.1, 0.15) is 6.61 Å². The van der Waals surface area contributed by atoms with Crippen LogP contribution in [0, 0.1) is 0 Å². The fourth-order valence-electron chi connectivity index (χ4n) is 3.02. The molecule has 1 N–H and O–H groups in total. The van der Waals surface area contributed by atoms with Crippen LogP contribution in [0.5, 0.6) is 0 Å². The summed E-state index contributed by atoms with van der Waals surface area (Å²) in [6.07, 6.45) is 3.07. The van der Waals surface area contributed by atoms with Crippen LogP contribution in [0.3, 0.4) is 0 Å². The minimum atomic E-state index is -0.290. The van der Waals surface area contributed by atoms with Crippen molar-refractivity contribution in [3.63, 3.8) is 0 Å². The summed E-state index contributed by atoms with van der Waals surface area (Å²) in [6, 6.07) is 13.4. The SMILES string of the molecule is O=C(Nc1cnn(CCN2CCOC2=O)c1)c1cccc2ccccc12. The first kappa shape index (κ1) is 16.1. The number of nitrogens with one attached hydrogen (secondary N) is 1. The highest BCUT2D eigenvalue weighted by molar-refractivity contribution is 6.12. The number of carbonyl (C=O) groups excluding carboxylic acids is 2. The first-order chi connectivity index (χ1) is 12.7. The Bertz CT molecular complexity index is 961. The Balaban J connectivity index is 1.43. The van der Waals surface area contributed by atoms with Gasteiger partial charge in [-0.2, -0.15) is 5.10 Å². The summed E-state index contributed by atoms with van der Waals surface area (Å²) in [5.74, 6) is -0.176. The number of hydrogen-bond donors (Lipinski definition) is 1. The Kier molecular flexibility index (Phi) is 4.27. The predicted octanol–water partition coefficient (Wildman–Crippen LogP) is 2.74. The highest BCUT2D eigenvalue weighted by atomic mass is 16.6. The highest BCUT2D eigenvalue weighted by Crippen LogP contribution is 2.19. The number of carbonyl (C=O) groups is 2. The quantitative estimate of drug-likeness (QED) is 0.768. The summed E-state index contributed by atoms with van der Waals surface area (Å²) in [5.41, 5.74) is 1.24. The molecule has 2 aromatic carbocycles. The monoisotopic (exact) mass is 350 g/mol. The molecule has 1 fully saturated rings. The lowest BCUT2D eigenvalue weighted by atomic mass is 10.0. The van der Waals surface area contributed by atoms with Crippen LogP contribution in [0.15, 0.2) is 54.9 Å². The third-order valence-corrected chi connectivity index (χ3v) is 4.37. The fraction of sp³-hybridized carbons (Fsp3) is 0.211. The number of anilines is 1. The molecule has 0 saturated carbocycles. The topological polar surface area (TPSA) is 76.5 Å². The lowest BCUT2D eigenvalue weighted by molar-refractivity contribution is 0.102. The first-order valence-corrected chi connectivity index (χ1v) is 8.44. The van der Waals surface area contributed by atoms with Crippen molar-refractivity contribution in [3.05, 3.63) is 60.4 Å². The third-order valence-electron chi connectivity index (χ3n) is 4.37. The van der Waals surface area contributed by atoms with Gasteiger partial charge >= 0.3 is 6.09 Å². The molecule has 2 amide bonds. The minimum absolute atomic E-state index is 0.176. The van der Waals surface area contributed by atoms with Crippen molar-refractivity contribution in [2.75, 3.05) is 25.0 Å². The van der Waals surface area contributed by atoms with Crippen molar-refractivity contribution in [1.29, 1.82) is 0 Å². The maximum Gasteiger partial charge on any atom is 0.410 e. The molecule has 1 aliphatic heterocycles. The van der Waals surface area contributed by atoms with Crippen molar-refractivity contribution in [1.82, 2.24) is 14.7 Å². The van der Waals surface area contributed by atoms with E-state index < -0.39 is 0 Å². The van der Waals surface area contributed by atoms with E-state index in [0.717, 1.165) is 10.8 Å². The molecule has 4 rings (SSSR count). The van der Waals surface area contributed by atoms with E-state index >= 15 is 0 Å². The minimum Gasteiger partial charge on any atom is -0.448 e. The molecule has 7 nitrogen and oxygen atoms in total. The molecule has 1 saturated heterocycles. The summed E-state index contributed by atoms with van der Waals surface area (Å²) in [6.45, 7) is 2.10. The lowest BCUT2D eigenvalue weighted by Gasteiger charge is -2.11. The van der Waals surface area contributed by atoms with Crippen LogP contribution in [0.1, 0.15) is 10.4 Å². The zero-order valence-corrected chi connectivity index (χ0v) is 14.1. The van der Waals surface area contributed by atoms with Crippen LogP contribution < -0.4 is 5.32 Å². The van der Waals surface area contributed by atoms with Crippen LogP contribution in [0.2, 0.25) is 0 Å². The van der Waals surface area contributed by atoms with Gasteiger partial charge in [-0.1, -0.05) is 36.4 Å². The summed E-state index contributed by atoms with van der Waals surface area (Å²) < 4.78 is 6.59. The van der Waals surface area contributed by atoms with Gasteiger partial charge in [0.2, 0.25) is 0 Å². The average molecular weight is 350 g/mol. The number of aromatic nitrogens is 2. The number of cyclic esters (lactones) is 1. The Morgan fingerprint density at radius 1 is 1.15 bits per heavy atom. The Morgan fingerprint density at radius 2 is 2.00 bits per heavy atom. The average Bonchev–Trinajstić information content (AvgIpc) is 3.28. The van der Waals surface area contributed by atoms with Crippen LogP contribution in [0.25, 0.3) is 10.8 Å². The van der Waals surface area contributed by atoms with Gasteiger partial charge in [-0.05, 0) is 16.8 Å². The molecule has 26 heavy (non-hydrogen) atoms. The summed E-state index contributed by atoms with van der Waals surface area (Å²) >= 11 is 0. The maximum absolute atomic E-state index is 12.6. The van der Waals surface area contributed by atoms with E-state index in [4.69, 9.17) is 4.74 Å². The second-order valence-corrected chi connectivity index (χ2v) is 6.07. The molecule has 0 spiro atoms. The lowest BCUT2D eigenvalue weighted by Crippen LogP contribution is -2.28. The van der Waals surface area contributed by atoms with Crippen molar-refractivity contribution in [2.45, 2.75) is 6.54 Å². The van der Waals surface area contributed by atoms with Crippen LogP contribution >= 0.6 is 0 Å². The van der Waals surface area contributed by atoms with E-state index in [2.05, 4.69) is 10.4 Å². The Morgan fingerprint density at radius 3 is 2.85 bits per heavy atom. The third kappa shape index (κ3) is 3.23. The molecule has 0 aliphatic carbocycles. The van der Waals surface area contributed by atoms with E-state index in [0.29, 0.717) is 37.5 Å². The standard InChI is InChI=1S/C19H18N4O3/c24-18(17-7-3-5-14-4-1-2-6-16(14)17)21-15-12-20-23(13-15)9-8-22-10-11-26-19(22)25/h1-7,12-13H,8-11H2,(H,21,24). The van der Waals surface area contributed by atoms with Gasteiger partial charge < -0.3 is 15.0 Å². The summed E-state index contributed by atoms with van der Waals surface area (Å²) in [7, 11) is 0. The van der Waals surface area contributed by atoms with Crippen LogP contribution in [-0.4, -0.2) is 46.4 Å².